The van der Waals surface area contributed by atoms with Crippen LogP contribution in [0.15, 0.2) is 0 Å². The van der Waals surface area contributed by atoms with E-state index < -0.39 is 84.9 Å². The van der Waals surface area contributed by atoms with Gasteiger partial charge in [0.2, 0.25) is 29.5 Å². The molecule has 0 aromatic heterocycles. The zero-order chi connectivity index (χ0) is 37.5. The Bertz CT molecular complexity index is 1060. The van der Waals surface area contributed by atoms with E-state index in [2.05, 4.69) is 26.6 Å². The third-order valence-corrected chi connectivity index (χ3v) is 7.69. The largest absolute Gasteiger partial charge is 0.481 e. The number of rotatable bonds is 22. The Morgan fingerprint density at radius 2 is 0.875 bits per heavy atom. The number of carboxylic acids is 1. The van der Waals surface area contributed by atoms with Crippen molar-refractivity contribution in [1.29, 1.82) is 0 Å². The molecule has 14 heteroatoms. The molecule has 0 aromatic carbocycles. The molecule has 0 aromatic rings. The second-order valence-corrected chi connectivity index (χ2v) is 14.8. The summed E-state index contributed by atoms with van der Waals surface area (Å²) >= 11 is 0. The number of carbonyl (C=O) groups excluding carboxylic acids is 5. The standard InChI is InChI=1S/C34H63N5O9/c1-17(2)12-23(37-33(47)31(21(9)10)39-34(48)30(20(7)8)38-27(42)14-19(5)6)25(40)15-28(43)35-22(11)32(46)36-24(13-18(3)4)26(41)16-29(44)45/h17-26,30-31,40-41H,12-16H2,1-11H3,(H,35,43)(H,36,46)(H,37,47)(H,38,42)(H,39,48)(H,44,45)/t22-,23-,24?,25-,26-,30?,31?/m0/s1. The van der Waals surface area contributed by atoms with Gasteiger partial charge in [0.15, 0.2) is 0 Å². The van der Waals surface area contributed by atoms with Gasteiger partial charge in [-0.3, -0.25) is 28.8 Å². The first-order valence-corrected chi connectivity index (χ1v) is 17.1. The van der Waals surface area contributed by atoms with E-state index >= 15 is 0 Å². The maximum absolute atomic E-state index is 13.5. The summed E-state index contributed by atoms with van der Waals surface area (Å²) in [6.07, 6.45) is -2.76. The number of aliphatic hydroxyl groups excluding tert-OH is 2. The van der Waals surface area contributed by atoms with Gasteiger partial charge in [-0.1, -0.05) is 69.2 Å². The molecule has 0 aliphatic carbocycles. The minimum atomic E-state index is -1.33. The van der Waals surface area contributed by atoms with Gasteiger partial charge in [0.05, 0.1) is 37.1 Å². The summed E-state index contributed by atoms with van der Waals surface area (Å²) in [7, 11) is 0. The highest BCUT2D eigenvalue weighted by molar-refractivity contribution is 5.92. The number of nitrogens with one attached hydrogen (secondary N) is 5. The average molecular weight is 686 g/mol. The van der Waals surface area contributed by atoms with E-state index in [0.29, 0.717) is 12.8 Å². The van der Waals surface area contributed by atoms with Gasteiger partial charge in [-0.15, -0.1) is 0 Å². The van der Waals surface area contributed by atoms with Gasteiger partial charge in [0, 0.05) is 6.42 Å². The summed E-state index contributed by atoms with van der Waals surface area (Å²) in [5.41, 5.74) is 0. The lowest BCUT2D eigenvalue weighted by Crippen LogP contribution is -2.59. The fraction of sp³-hybridized carbons (Fsp3) is 0.824. The molecule has 0 heterocycles. The minimum Gasteiger partial charge on any atom is -0.481 e. The Morgan fingerprint density at radius 1 is 0.479 bits per heavy atom. The summed E-state index contributed by atoms with van der Waals surface area (Å²) in [5.74, 6) is -4.25. The lowest BCUT2D eigenvalue weighted by molar-refractivity contribution is -0.140. The van der Waals surface area contributed by atoms with Crippen molar-refractivity contribution >= 4 is 35.5 Å². The van der Waals surface area contributed by atoms with Crippen LogP contribution < -0.4 is 26.6 Å². The van der Waals surface area contributed by atoms with Crippen LogP contribution in [0.4, 0.5) is 0 Å². The molecule has 5 amide bonds. The van der Waals surface area contributed by atoms with E-state index in [4.69, 9.17) is 5.11 Å². The molecule has 0 radical (unpaired) electrons. The maximum atomic E-state index is 13.5. The second kappa shape index (κ2) is 21.7. The Labute approximate surface area is 286 Å². The average Bonchev–Trinajstić information content (AvgIpc) is 2.91. The molecule has 14 nitrogen and oxygen atoms in total. The van der Waals surface area contributed by atoms with E-state index in [-0.39, 0.29) is 41.9 Å². The van der Waals surface area contributed by atoms with Gasteiger partial charge in [-0.25, -0.2) is 0 Å². The summed E-state index contributed by atoms with van der Waals surface area (Å²) in [5, 5.41) is 43.9. The molecule has 0 aliphatic rings. The van der Waals surface area contributed by atoms with Crippen LogP contribution in [0.5, 0.6) is 0 Å². The molecule has 278 valence electrons. The Kier molecular flexibility index (Phi) is 20.2. The highest BCUT2D eigenvalue weighted by atomic mass is 16.4. The lowest BCUT2D eigenvalue weighted by Gasteiger charge is -2.31. The SMILES string of the molecule is CC(C)CC(=O)NC(C(=O)NC(C(=O)N[C@@H](CC(C)C)[C@@H](O)CC(=O)N[C@@H](C)C(=O)NC(CC(C)C)[C@@H](O)CC(=O)O)C(C)C)C(C)C. The topological polar surface area (TPSA) is 223 Å². The highest BCUT2D eigenvalue weighted by Crippen LogP contribution is 2.15. The van der Waals surface area contributed by atoms with Crippen molar-refractivity contribution < 1.29 is 44.1 Å². The van der Waals surface area contributed by atoms with E-state index in [9.17, 15) is 39.0 Å². The van der Waals surface area contributed by atoms with Crippen LogP contribution in [0, 0.1) is 29.6 Å². The zero-order valence-corrected chi connectivity index (χ0v) is 30.8. The molecular weight excluding hydrogens is 622 g/mol. The number of hydrogen-bond donors (Lipinski definition) is 8. The van der Waals surface area contributed by atoms with Gasteiger partial charge >= 0.3 is 5.97 Å². The van der Waals surface area contributed by atoms with Crippen molar-refractivity contribution in [3.63, 3.8) is 0 Å². The summed E-state index contributed by atoms with van der Waals surface area (Å²) < 4.78 is 0. The quantitative estimate of drug-likeness (QED) is 0.0825. The number of carboxylic acid groups (broad SMARTS) is 1. The first kappa shape index (κ1) is 44.7. The minimum absolute atomic E-state index is 0.0152. The molecule has 48 heavy (non-hydrogen) atoms. The number of hydrogen-bond acceptors (Lipinski definition) is 8. The molecule has 0 fully saturated rings. The predicted octanol–water partition coefficient (Wildman–Crippen LogP) is 1.47. The first-order valence-electron chi connectivity index (χ1n) is 17.1. The fourth-order valence-electron chi connectivity index (χ4n) is 5.16. The van der Waals surface area contributed by atoms with Gasteiger partial charge < -0.3 is 41.9 Å². The van der Waals surface area contributed by atoms with Crippen LogP contribution in [0.2, 0.25) is 0 Å². The van der Waals surface area contributed by atoms with Crippen LogP contribution in [0.25, 0.3) is 0 Å². The zero-order valence-electron chi connectivity index (χ0n) is 30.8. The molecule has 0 bridgehead atoms. The van der Waals surface area contributed by atoms with Crippen LogP contribution >= 0.6 is 0 Å². The summed E-state index contributed by atoms with van der Waals surface area (Å²) in [6.45, 7) is 19.8. The van der Waals surface area contributed by atoms with Crippen molar-refractivity contribution in [2.75, 3.05) is 0 Å². The molecule has 3 unspecified atom stereocenters. The van der Waals surface area contributed by atoms with Crippen molar-refractivity contribution in [2.24, 2.45) is 29.6 Å². The number of aliphatic hydroxyl groups is 2. The van der Waals surface area contributed by atoms with Crippen LogP contribution in [-0.2, 0) is 28.8 Å². The number of carbonyl (C=O) groups is 6. The fourth-order valence-corrected chi connectivity index (χ4v) is 5.16. The number of amides is 5. The molecule has 8 N–H and O–H groups in total. The molecule has 0 saturated carbocycles. The maximum Gasteiger partial charge on any atom is 0.306 e. The third-order valence-electron chi connectivity index (χ3n) is 7.69. The molecule has 7 atom stereocenters. The van der Waals surface area contributed by atoms with E-state index in [1.54, 1.807) is 27.7 Å². The molecule has 0 rings (SSSR count). The van der Waals surface area contributed by atoms with Crippen molar-refractivity contribution in [1.82, 2.24) is 26.6 Å². The van der Waals surface area contributed by atoms with Crippen molar-refractivity contribution in [3.05, 3.63) is 0 Å². The summed E-state index contributed by atoms with van der Waals surface area (Å²) in [4.78, 5) is 75.9. The molecule has 0 aliphatic heterocycles. The molecule has 0 spiro atoms. The monoisotopic (exact) mass is 685 g/mol. The van der Waals surface area contributed by atoms with Gasteiger partial charge in [-0.05, 0) is 49.4 Å². The molecule has 0 saturated heterocycles. The number of aliphatic carboxylic acids is 1. The lowest BCUT2D eigenvalue weighted by atomic mass is 9.95. The Morgan fingerprint density at radius 3 is 1.29 bits per heavy atom. The predicted molar refractivity (Wildman–Crippen MR) is 182 cm³/mol. The van der Waals surface area contributed by atoms with E-state index in [1.165, 1.54) is 6.92 Å². The van der Waals surface area contributed by atoms with Gasteiger partial charge in [-0.2, -0.15) is 0 Å². The van der Waals surface area contributed by atoms with Crippen LogP contribution in [-0.4, -0.2) is 93.2 Å². The van der Waals surface area contributed by atoms with Crippen LogP contribution in [0.1, 0.15) is 108 Å². The smallest absolute Gasteiger partial charge is 0.306 e. The van der Waals surface area contributed by atoms with Crippen LogP contribution in [0.3, 0.4) is 0 Å². The normalized spacial score (nSPS) is 16.1. The highest BCUT2D eigenvalue weighted by Gasteiger charge is 2.34. The summed E-state index contributed by atoms with van der Waals surface area (Å²) in [6, 6.07) is -4.61. The Balaban J connectivity index is 5.60. The van der Waals surface area contributed by atoms with E-state index in [0.717, 1.165) is 0 Å². The van der Waals surface area contributed by atoms with E-state index in [1.807, 2.05) is 41.5 Å². The third kappa shape index (κ3) is 17.8. The second-order valence-electron chi connectivity index (χ2n) is 14.8. The van der Waals surface area contributed by atoms with Gasteiger partial charge in [0.1, 0.15) is 18.1 Å². The van der Waals surface area contributed by atoms with Crippen molar-refractivity contribution in [2.45, 2.75) is 151 Å². The Hall–Kier alpha value is -3.26. The van der Waals surface area contributed by atoms with Crippen molar-refractivity contribution in [3.8, 4) is 0 Å². The van der Waals surface area contributed by atoms with Gasteiger partial charge in [0.25, 0.3) is 0 Å². The first-order chi connectivity index (χ1) is 22.0. The molecular formula is C34H63N5O9.